The van der Waals surface area contributed by atoms with E-state index >= 15 is 0 Å². The van der Waals surface area contributed by atoms with Gasteiger partial charge in [0.05, 0.1) is 5.25 Å². The first-order chi connectivity index (χ1) is 8.02. The SMILES string of the molecule is CCC(Sc1ccc(NC(C)=O)cc1)C(N)=O. The van der Waals surface area contributed by atoms with Gasteiger partial charge in [0.15, 0.2) is 0 Å². The molecule has 0 aliphatic rings. The highest BCUT2D eigenvalue weighted by molar-refractivity contribution is 8.00. The van der Waals surface area contributed by atoms with Gasteiger partial charge in [0, 0.05) is 17.5 Å². The minimum atomic E-state index is -0.302. The summed E-state index contributed by atoms with van der Waals surface area (Å²) in [6.45, 7) is 3.39. The molecule has 2 amide bonds. The molecule has 4 nitrogen and oxygen atoms in total. The lowest BCUT2D eigenvalue weighted by Gasteiger charge is -2.10. The van der Waals surface area contributed by atoms with E-state index in [1.54, 1.807) is 12.1 Å². The first kappa shape index (κ1) is 13.6. The van der Waals surface area contributed by atoms with Crippen molar-refractivity contribution in [3.05, 3.63) is 24.3 Å². The van der Waals surface area contributed by atoms with Gasteiger partial charge in [-0.05, 0) is 30.7 Å². The summed E-state index contributed by atoms with van der Waals surface area (Å²) in [7, 11) is 0. The number of nitrogens with one attached hydrogen (secondary N) is 1. The van der Waals surface area contributed by atoms with Crippen molar-refractivity contribution < 1.29 is 9.59 Å². The zero-order valence-corrected chi connectivity index (χ0v) is 10.7. The molecular formula is C12H16N2O2S. The fraction of sp³-hybridized carbons (Fsp3) is 0.333. The third-order valence-corrected chi connectivity index (χ3v) is 3.54. The topological polar surface area (TPSA) is 72.2 Å². The molecule has 1 aromatic carbocycles. The van der Waals surface area contributed by atoms with Crippen molar-refractivity contribution in [3.63, 3.8) is 0 Å². The molecule has 0 fully saturated rings. The van der Waals surface area contributed by atoms with E-state index in [0.717, 1.165) is 10.6 Å². The molecule has 17 heavy (non-hydrogen) atoms. The van der Waals surface area contributed by atoms with Crippen molar-refractivity contribution >= 4 is 29.3 Å². The van der Waals surface area contributed by atoms with E-state index in [9.17, 15) is 9.59 Å². The summed E-state index contributed by atoms with van der Waals surface area (Å²) < 4.78 is 0. The molecule has 3 N–H and O–H groups in total. The molecule has 1 rings (SSSR count). The van der Waals surface area contributed by atoms with Crippen LogP contribution in [-0.4, -0.2) is 17.1 Å². The summed E-state index contributed by atoms with van der Waals surface area (Å²) in [5.74, 6) is -0.405. The Bertz CT molecular complexity index is 403. The summed E-state index contributed by atoms with van der Waals surface area (Å²) in [4.78, 5) is 22.9. The van der Waals surface area contributed by atoms with Crippen LogP contribution in [0.25, 0.3) is 0 Å². The number of anilines is 1. The van der Waals surface area contributed by atoms with E-state index in [-0.39, 0.29) is 17.1 Å². The molecule has 0 radical (unpaired) electrons. The van der Waals surface area contributed by atoms with E-state index in [2.05, 4.69) is 5.32 Å². The van der Waals surface area contributed by atoms with Crippen LogP contribution >= 0.6 is 11.8 Å². The molecule has 1 aromatic rings. The van der Waals surface area contributed by atoms with Gasteiger partial charge in [-0.3, -0.25) is 9.59 Å². The third-order valence-electron chi connectivity index (χ3n) is 2.14. The second-order valence-electron chi connectivity index (χ2n) is 3.62. The van der Waals surface area contributed by atoms with Gasteiger partial charge in [0.2, 0.25) is 11.8 Å². The Labute approximate surface area is 105 Å². The number of primary amides is 1. The molecule has 0 saturated heterocycles. The molecule has 0 aromatic heterocycles. The van der Waals surface area contributed by atoms with Crippen molar-refractivity contribution in [2.45, 2.75) is 30.4 Å². The van der Waals surface area contributed by atoms with Crippen LogP contribution in [0.1, 0.15) is 20.3 Å². The van der Waals surface area contributed by atoms with Crippen LogP contribution in [-0.2, 0) is 9.59 Å². The van der Waals surface area contributed by atoms with Gasteiger partial charge in [0.25, 0.3) is 0 Å². The molecule has 5 heteroatoms. The molecule has 0 bridgehead atoms. The Morgan fingerprint density at radius 3 is 2.35 bits per heavy atom. The lowest BCUT2D eigenvalue weighted by atomic mass is 10.3. The lowest BCUT2D eigenvalue weighted by molar-refractivity contribution is -0.117. The third kappa shape index (κ3) is 4.48. The fourth-order valence-electron chi connectivity index (χ4n) is 1.33. The van der Waals surface area contributed by atoms with E-state index in [1.807, 2.05) is 19.1 Å². The van der Waals surface area contributed by atoms with Gasteiger partial charge in [-0.2, -0.15) is 0 Å². The van der Waals surface area contributed by atoms with E-state index < -0.39 is 0 Å². The van der Waals surface area contributed by atoms with Crippen molar-refractivity contribution in [3.8, 4) is 0 Å². The standard InChI is InChI=1S/C12H16N2O2S/c1-3-11(12(13)16)17-10-6-4-9(5-7-10)14-8(2)15/h4-7,11H,3H2,1-2H3,(H2,13,16)(H,14,15). The first-order valence-electron chi connectivity index (χ1n) is 5.36. The van der Waals surface area contributed by atoms with Gasteiger partial charge < -0.3 is 11.1 Å². The molecule has 0 aliphatic heterocycles. The van der Waals surface area contributed by atoms with Crippen molar-refractivity contribution in [2.75, 3.05) is 5.32 Å². The average Bonchev–Trinajstić information content (AvgIpc) is 2.26. The molecule has 0 spiro atoms. The number of benzene rings is 1. The number of thioether (sulfide) groups is 1. The zero-order valence-electron chi connectivity index (χ0n) is 9.90. The monoisotopic (exact) mass is 252 g/mol. The zero-order chi connectivity index (χ0) is 12.8. The van der Waals surface area contributed by atoms with Gasteiger partial charge in [0.1, 0.15) is 0 Å². The quantitative estimate of drug-likeness (QED) is 0.787. The van der Waals surface area contributed by atoms with E-state index in [0.29, 0.717) is 6.42 Å². The second kappa shape index (κ2) is 6.30. The Kier molecular flexibility index (Phi) is 5.03. The predicted molar refractivity (Wildman–Crippen MR) is 69.9 cm³/mol. The van der Waals surface area contributed by atoms with Crippen LogP contribution in [0.4, 0.5) is 5.69 Å². The number of carbonyl (C=O) groups is 2. The molecule has 0 saturated carbocycles. The van der Waals surface area contributed by atoms with Crippen LogP contribution in [0.3, 0.4) is 0 Å². The number of carbonyl (C=O) groups excluding carboxylic acids is 2. The summed E-state index contributed by atoms with van der Waals surface area (Å²) >= 11 is 1.44. The molecule has 1 atom stereocenters. The first-order valence-corrected chi connectivity index (χ1v) is 6.24. The fourth-order valence-corrected chi connectivity index (χ4v) is 2.23. The molecule has 0 heterocycles. The van der Waals surface area contributed by atoms with Crippen molar-refractivity contribution in [2.24, 2.45) is 5.73 Å². The Hall–Kier alpha value is -1.49. The smallest absolute Gasteiger partial charge is 0.230 e. The Balaban J connectivity index is 2.67. The van der Waals surface area contributed by atoms with Gasteiger partial charge in [-0.25, -0.2) is 0 Å². The number of hydrogen-bond acceptors (Lipinski definition) is 3. The summed E-state index contributed by atoms with van der Waals surface area (Å²) in [6.07, 6.45) is 0.702. The average molecular weight is 252 g/mol. The van der Waals surface area contributed by atoms with E-state index in [1.165, 1.54) is 18.7 Å². The highest BCUT2D eigenvalue weighted by Crippen LogP contribution is 2.26. The molecule has 92 valence electrons. The van der Waals surface area contributed by atoms with Crippen molar-refractivity contribution in [1.29, 1.82) is 0 Å². The van der Waals surface area contributed by atoms with Crippen LogP contribution in [0, 0.1) is 0 Å². The normalized spacial score (nSPS) is 11.9. The number of nitrogens with two attached hydrogens (primary N) is 1. The molecular weight excluding hydrogens is 236 g/mol. The Morgan fingerprint density at radius 2 is 1.94 bits per heavy atom. The summed E-state index contributed by atoms with van der Waals surface area (Å²) in [5, 5.41) is 2.48. The number of rotatable bonds is 5. The van der Waals surface area contributed by atoms with Crippen LogP contribution in [0.5, 0.6) is 0 Å². The Morgan fingerprint density at radius 1 is 1.35 bits per heavy atom. The van der Waals surface area contributed by atoms with E-state index in [4.69, 9.17) is 5.73 Å². The molecule has 0 aliphatic carbocycles. The van der Waals surface area contributed by atoms with Gasteiger partial charge in [-0.1, -0.05) is 6.92 Å². The highest BCUT2D eigenvalue weighted by atomic mass is 32.2. The van der Waals surface area contributed by atoms with Gasteiger partial charge >= 0.3 is 0 Å². The predicted octanol–water partition coefficient (Wildman–Crippen LogP) is 2.00. The summed E-state index contributed by atoms with van der Waals surface area (Å²) in [5.41, 5.74) is 6.02. The highest BCUT2D eigenvalue weighted by Gasteiger charge is 2.13. The summed E-state index contributed by atoms with van der Waals surface area (Å²) in [6, 6.07) is 7.33. The van der Waals surface area contributed by atoms with Crippen LogP contribution in [0.15, 0.2) is 29.2 Å². The maximum absolute atomic E-state index is 11.1. The lowest BCUT2D eigenvalue weighted by Crippen LogP contribution is -2.24. The second-order valence-corrected chi connectivity index (χ2v) is 4.90. The number of hydrogen-bond donors (Lipinski definition) is 2. The molecule has 1 unspecified atom stereocenters. The maximum Gasteiger partial charge on any atom is 0.230 e. The van der Waals surface area contributed by atoms with Crippen LogP contribution in [0.2, 0.25) is 0 Å². The van der Waals surface area contributed by atoms with Crippen LogP contribution < -0.4 is 11.1 Å². The minimum absolute atomic E-state index is 0.103. The largest absolute Gasteiger partial charge is 0.369 e. The maximum atomic E-state index is 11.1. The minimum Gasteiger partial charge on any atom is -0.369 e. The number of amides is 2. The van der Waals surface area contributed by atoms with Crippen molar-refractivity contribution in [1.82, 2.24) is 0 Å². The van der Waals surface area contributed by atoms with Gasteiger partial charge in [-0.15, -0.1) is 11.8 Å².